The van der Waals surface area contributed by atoms with Crippen molar-refractivity contribution in [3.8, 4) is 0 Å². The Kier molecular flexibility index (Phi) is 5.02. The van der Waals surface area contributed by atoms with Gasteiger partial charge in [0.15, 0.2) is 0 Å². The molecule has 1 saturated heterocycles. The van der Waals surface area contributed by atoms with Gasteiger partial charge in [0.2, 0.25) is 0 Å². The summed E-state index contributed by atoms with van der Waals surface area (Å²) >= 11 is 1.92. The first-order valence-corrected chi connectivity index (χ1v) is 6.58. The molecule has 1 heterocycles. The van der Waals surface area contributed by atoms with Crippen LogP contribution in [0.5, 0.6) is 0 Å². The Morgan fingerprint density at radius 2 is 2.40 bits per heavy atom. The van der Waals surface area contributed by atoms with Gasteiger partial charge in [0, 0.05) is 24.4 Å². The molecule has 0 aliphatic carbocycles. The summed E-state index contributed by atoms with van der Waals surface area (Å²) in [6.45, 7) is 8.56. The zero-order valence-corrected chi connectivity index (χ0v) is 10.3. The van der Waals surface area contributed by atoms with E-state index < -0.39 is 0 Å². The van der Waals surface area contributed by atoms with Gasteiger partial charge >= 0.3 is 6.03 Å². The quantitative estimate of drug-likeness (QED) is 0.734. The van der Waals surface area contributed by atoms with Gasteiger partial charge < -0.3 is 10.2 Å². The monoisotopic (exact) mass is 228 g/mol. The standard InChI is InChI=1S/C11H20N2OS/c1-4-9(2)12-11(14)13-6-8-15-7-5-10(13)3/h4,9-10H,1,5-8H2,2-3H3,(H,12,14)/t9-,10-/m1/s1. The molecule has 0 aromatic heterocycles. The van der Waals surface area contributed by atoms with Crippen molar-refractivity contribution in [3.05, 3.63) is 12.7 Å². The third kappa shape index (κ3) is 3.78. The maximum atomic E-state index is 11.9. The number of amides is 2. The maximum Gasteiger partial charge on any atom is 0.318 e. The number of nitrogens with one attached hydrogen (secondary N) is 1. The Balaban J connectivity index is 2.51. The molecule has 0 saturated carbocycles. The van der Waals surface area contributed by atoms with Gasteiger partial charge in [-0.05, 0) is 26.0 Å². The molecule has 0 unspecified atom stereocenters. The Morgan fingerprint density at radius 1 is 1.67 bits per heavy atom. The van der Waals surface area contributed by atoms with Crippen LogP contribution in [0.25, 0.3) is 0 Å². The summed E-state index contributed by atoms with van der Waals surface area (Å²) < 4.78 is 0. The van der Waals surface area contributed by atoms with Crippen LogP contribution in [0.1, 0.15) is 20.3 Å². The predicted molar refractivity (Wildman–Crippen MR) is 66.3 cm³/mol. The highest BCUT2D eigenvalue weighted by Crippen LogP contribution is 2.15. The second-order valence-electron chi connectivity index (χ2n) is 3.92. The third-order valence-electron chi connectivity index (χ3n) is 2.65. The second kappa shape index (κ2) is 6.05. The fourth-order valence-electron chi connectivity index (χ4n) is 1.53. The first-order chi connectivity index (χ1) is 7.15. The van der Waals surface area contributed by atoms with E-state index in [0.717, 1.165) is 24.5 Å². The molecule has 2 amide bonds. The summed E-state index contributed by atoms with van der Waals surface area (Å²) in [7, 11) is 0. The minimum atomic E-state index is 0.0393. The van der Waals surface area contributed by atoms with Gasteiger partial charge in [-0.2, -0.15) is 11.8 Å². The van der Waals surface area contributed by atoms with Gasteiger partial charge in [0.05, 0.1) is 0 Å². The highest BCUT2D eigenvalue weighted by molar-refractivity contribution is 7.99. The normalized spacial score (nSPS) is 24.1. The largest absolute Gasteiger partial charge is 0.332 e. The number of hydrogen-bond donors (Lipinski definition) is 1. The van der Waals surface area contributed by atoms with Crippen molar-refractivity contribution in [2.75, 3.05) is 18.1 Å². The number of carbonyl (C=O) groups excluding carboxylic acids is 1. The van der Waals surface area contributed by atoms with Crippen molar-refractivity contribution in [2.24, 2.45) is 0 Å². The molecule has 0 bridgehead atoms. The van der Waals surface area contributed by atoms with Gasteiger partial charge in [-0.3, -0.25) is 0 Å². The number of thioether (sulfide) groups is 1. The summed E-state index contributed by atoms with van der Waals surface area (Å²) in [4.78, 5) is 13.8. The number of hydrogen-bond acceptors (Lipinski definition) is 2. The van der Waals surface area contributed by atoms with Gasteiger partial charge in [-0.25, -0.2) is 4.79 Å². The summed E-state index contributed by atoms with van der Waals surface area (Å²) in [6, 6.07) is 0.426. The van der Waals surface area contributed by atoms with Crippen LogP contribution < -0.4 is 5.32 Å². The molecule has 0 radical (unpaired) electrons. The molecule has 1 fully saturated rings. The molecular formula is C11H20N2OS. The Bertz CT molecular complexity index is 233. The number of nitrogens with zero attached hydrogens (tertiary/aromatic N) is 1. The minimum Gasteiger partial charge on any atom is -0.332 e. The van der Waals surface area contributed by atoms with Crippen LogP contribution in [0.2, 0.25) is 0 Å². The van der Waals surface area contributed by atoms with Gasteiger partial charge in [0.1, 0.15) is 0 Å². The van der Waals surface area contributed by atoms with E-state index in [9.17, 15) is 4.79 Å². The lowest BCUT2D eigenvalue weighted by Gasteiger charge is -2.28. The second-order valence-corrected chi connectivity index (χ2v) is 5.14. The molecule has 1 aliphatic heterocycles. The van der Waals surface area contributed by atoms with E-state index in [1.54, 1.807) is 6.08 Å². The molecule has 1 rings (SSSR count). The lowest BCUT2D eigenvalue weighted by Crippen LogP contribution is -2.47. The van der Waals surface area contributed by atoms with Crippen molar-refractivity contribution >= 4 is 17.8 Å². The highest BCUT2D eigenvalue weighted by atomic mass is 32.2. The SMILES string of the molecule is C=C[C@@H](C)NC(=O)N1CCSCC[C@H]1C. The molecule has 1 N–H and O–H groups in total. The zero-order chi connectivity index (χ0) is 11.3. The minimum absolute atomic E-state index is 0.0393. The molecule has 1 aliphatic rings. The fourth-order valence-corrected chi connectivity index (χ4v) is 2.57. The van der Waals surface area contributed by atoms with Crippen LogP contribution in [0.15, 0.2) is 12.7 Å². The van der Waals surface area contributed by atoms with E-state index in [4.69, 9.17) is 0 Å². The van der Waals surface area contributed by atoms with Crippen molar-refractivity contribution in [3.63, 3.8) is 0 Å². The first kappa shape index (κ1) is 12.4. The first-order valence-electron chi connectivity index (χ1n) is 5.42. The number of carbonyl (C=O) groups is 1. The molecule has 2 atom stereocenters. The summed E-state index contributed by atoms with van der Waals surface area (Å²) in [5.74, 6) is 2.20. The third-order valence-corrected chi connectivity index (χ3v) is 3.65. The van der Waals surface area contributed by atoms with Crippen molar-refractivity contribution in [1.29, 1.82) is 0 Å². The van der Waals surface area contributed by atoms with E-state index in [1.807, 2.05) is 23.6 Å². The maximum absolute atomic E-state index is 11.9. The lowest BCUT2D eigenvalue weighted by atomic mass is 10.2. The molecule has 0 aromatic carbocycles. The molecule has 15 heavy (non-hydrogen) atoms. The van der Waals surface area contributed by atoms with Crippen LogP contribution >= 0.6 is 11.8 Å². The van der Waals surface area contributed by atoms with Crippen LogP contribution in [-0.2, 0) is 0 Å². The van der Waals surface area contributed by atoms with Crippen molar-refractivity contribution in [1.82, 2.24) is 10.2 Å². The average molecular weight is 228 g/mol. The summed E-state index contributed by atoms with van der Waals surface area (Å²) in [5, 5.41) is 2.92. The smallest absolute Gasteiger partial charge is 0.318 e. The van der Waals surface area contributed by atoms with E-state index in [-0.39, 0.29) is 12.1 Å². The highest BCUT2D eigenvalue weighted by Gasteiger charge is 2.22. The Hall–Kier alpha value is -0.640. The Morgan fingerprint density at radius 3 is 3.07 bits per heavy atom. The number of rotatable bonds is 2. The van der Waals surface area contributed by atoms with Crippen LogP contribution in [0.4, 0.5) is 4.79 Å². The van der Waals surface area contributed by atoms with E-state index in [2.05, 4.69) is 18.8 Å². The molecule has 4 heteroatoms. The molecular weight excluding hydrogens is 208 g/mol. The summed E-state index contributed by atoms with van der Waals surface area (Å²) in [6.07, 6.45) is 2.83. The lowest BCUT2D eigenvalue weighted by molar-refractivity contribution is 0.181. The molecule has 3 nitrogen and oxygen atoms in total. The van der Waals surface area contributed by atoms with Gasteiger partial charge in [-0.1, -0.05) is 6.08 Å². The van der Waals surface area contributed by atoms with E-state index in [1.165, 1.54) is 0 Å². The van der Waals surface area contributed by atoms with E-state index >= 15 is 0 Å². The van der Waals surface area contributed by atoms with E-state index in [0.29, 0.717) is 6.04 Å². The predicted octanol–water partition coefficient (Wildman–Crippen LogP) is 2.10. The van der Waals surface area contributed by atoms with Crippen molar-refractivity contribution < 1.29 is 4.79 Å². The zero-order valence-electron chi connectivity index (χ0n) is 9.53. The van der Waals surface area contributed by atoms with Crippen LogP contribution in [0, 0.1) is 0 Å². The molecule has 0 spiro atoms. The topological polar surface area (TPSA) is 32.3 Å². The Labute approximate surface area is 96.3 Å². The summed E-state index contributed by atoms with van der Waals surface area (Å²) in [5.41, 5.74) is 0. The van der Waals surface area contributed by atoms with Crippen LogP contribution in [0.3, 0.4) is 0 Å². The molecule has 0 aromatic rings. The van der Waals surface area contributed by atoms with Crippen LogP contribution in [-0.4, -0.2) is 41.1 Å². The molecule has 86 valence electrons. The number of urea groups is 1. The average Bonchev–Trinajstić information content (AvgIpc) is 2.42. The van der Waals surface area contributed by atoms with Crippen molar-refractivity contribution in [2.45, 2.75) is 32.4 Å². The van der Waals surface area contributed by atoms with Gasteiger partial charge in [0.25, 0.3) is 0 Å². The fraction of sp³-hybridized carbons (Fsp3) is 0.727. The van der Waals surface area contributed by atoms with Gasteiger partial charge in [-0.15, -0.1) is 6.58 Å².